The van der Waals surface area contributed by atoms with Crippen LogP contribution in [0.4, 0.5) is 4.79 Å². The van der Waals surface area contributed by atoms with Crippen LogP contribution in [0.1, 0.15) is 52.9 Å². The van der Waals surface area contributed by atoms with E-state index < -0.39 is 12.0 Å². The van der Waals surface area contributed by atoms with Gasteiger partial charge in [-0.15, -0.1) is 0 Å². The van der Waals surface area contributed by atoms with E-state index in [9.17, 15) is 14.7 Å². The first-order chi connectivity index (χ1) is 9.70. The summed E-state index contributed by atoms with van der Waals surface area (Å²) in [5.74, 6) is -0.492. The molecule has 0 bridgehead atoms. The molecule has 3 atom stereocenters. The smallest absolute Gasteiger partial charge is 0.326 e. The quantitative estimate of drug-likeness (QED) is 0.852. The fourth-order valence-electron chi connectivity index (χ4n) is 3.93. The van der Waals surface area contributed by atoms with Crippen LogP contribution in [0.3, 0.4) is 0 Å². The van der Waals surface area contributed by atoms with Crippen LogP contribution in [0.15, 0.2) is 0 Å². The highest BCUT2D eigenvalue weighted by molar-refractivity contribution is 5.83. The fraction of sp³-hybridized carbons (Fsp3) is 0.875. The predicted molar refractivity (Wildman–Crippen MR) is 81.1 cm³/mol. The molecule has 1 aliphatic heterocycles. The van der Waals surface area contributed by atoms with Gasteiger partial charge in [-0.3, -0.25) is 0 Å². The van der Waals surface area contributed by atoms with Crippen molar-refractivity contribution in [2.75, 3.05) is 13.6 Å². The Labute approximate surface area is 127 Å². The first-order valence-electron chi connectivity index (χ1n) is 7.97. The largest absolute Gasteiger partial charge is 0.480 e. The van der Waals surface area contributed by atoms with Gasteiger partial charge in [0.15, 0.2) is 0 Å². The molecule has 5 nitrogen and oxygen atoms in total. The highest BCUT2D eigenvalue weighted by Crippen LogP contribution is 2.40. The van der Waals surface area contributed by atoms with Crippen molar-refractivity contribution >= 4 is 12.0 Å². The second-order valence-electron chi connectivity index (χ2n) is 7.81. The number of carboxylic acid groups (broad SMARTS) is 1. The molecule has 0 aromatic heterocycles. The van der Waals surface area contributed by atoms with Crippen LogP contribution >= 0.6 is 0 Å². The first kappa shape index (κ1) is 16.1. The Hall–Kier alpha value is -1.26. The van der Waals surface area contributed by atoms with Crippen LogP contribution in [-0.4, -0.2) is 52.6 Å². The molecular formula is C16H28N2O3. The molecule has 5 heteroatoms. The van der Waals surface area contributed by atoms with E-state index >= 15 is 0 Å². The van der Waals surface area contributed by atoms with E-state index in [1.54, 1.807) is 16.8 Å². The summed E-state index contributed by atoms with van der Waals surface area (Å²) in [6.07, 6.45) is 4.88. The zero-order valence-electron chi connectivity index (χ0n) is 13.6. The first-order valence-corrected chi connectivity index (χ1v) is 7.97. The van der Waals surface area contributed by atoms with Crippen molar-refractivity contribution in [1.29, 1.82) is 0 Å². The average molecular weight is 296 g/mol. The molecule has 0 aromatic rings. The standard InChI is InChI=1S/C16H28N2O3/c1-16(2,3)10-17(4)15(21)18-12-8-6-5-7-11(12)9-13(18)14(19)20/h11-13H,5-10H2,1-4H3,(H,19,20). The Morgan fingerprint density at radius 2 is 1.86 bits per heavy atom. The highest BCUT2D eigenvalue weighted by atomic mass is 16.4. The third kappa shape index (κ3) is 3.50. The number of carbonyl (C=O) groups excluding carboxylic acids is 1. The minimum absolute atomic E-state index is 0.00875. The van der Waals surface area contributed by atoms with E-state index in [1.807, 2.05) is 0 Å². The lowest BCUT2D eigenvalue weighted by atomic mass is 9.85. The van der Waals surface area contributed by atoms with Gasteiger partial charge in [0, 0.05) is 19.6 Å². The summed E-state index contributed by atoms with van der Waals surface area (Å²) in [6.45, 7) is 6.88. The minimum atomic E-state index is -0.859. The summed E-state index contributed by atoms with van der Waals surface area (Å²) in [4.78, 5) is 27.7. The van der Waals surface area contributed by atoms with Crippen LogP contribution in [0, 0.1) is 11.3 Å². The molecule has 2 fully saturated rings. The molecule has 2 aliphatic rings. The normalized spacial score (nSPS) is 29.1. The number of fused-ring (bicyclic) bond motifs is 1. The Bertz CT molecular complexity index is 416. The van der Waals surface area contributed by atoms with Gasteiger partial charge in [-0.05, 0) is 30.6 Å². The lowest BCUT2D eigenvalue weighted by Crippen LogP contribution is -2.52. The van der Waals surface area contributed by atoms with E-state index in [0.717, 1.165) is 25.7 Å². The summed E-state index contributed by atoms with van der Waals surface area (Å²) >= 11 is 0. The maximum atomic E-state index is 12.8. The van der Waals surface area contributed by atoms with Gasteiger partial charge < -0.3 is 14.9 Å². The maximum Gasteiger partial charge on any atom is 0.326 e. The second kappa shape index (κ2) is 5.85. The number of amides is 2. The van der Waals surface area contributed by atoms with Gasteiger partial charge in [-0.2, -0.15) is 0 Å². The van der Waals surface area contributed by atoms with Crippen molar-refractivity contribution in [3.63, 3.8) is 0 Å². The molecule has 0 aromatic carbocycles. The van der Waals surface area contributed by atoms with E-state index in [2.05, 4.69) is 20.8 Å². The van der Waals surface area contributed by atoms with Crippen molar-refractivity contribution < 1.29 is 14.7 Å². The lowest BCUT2D eigenvalue weighted by molar-refractivity contribution is -0.141. The molecule has 21 heavy (non-hydrogen) atoms. The zero-order chi connectivity index (χ0) is 15.8. The molecule has 3 unspecified atom stereocenters. The number of nitrogens with zero attached hydrogens (tertiary/aromatic N) is 2. The van der Waals surface area contributed by atoms with Gasteiger partial charge in [-0.25, -0.2) is 9.59 Å². The van der Waals surface area contributed by atoms with Crippen molar-refractivity contribution in [2.24, 2.45) is 11.3 Å². The van der Waals surface area contributed by atoms with Crippen LogP contribution < -0.4 is 0 Å². The summed E-state index contributed by atoms with van der Waals surface area (Å²) in [5.41, 5.74) is 0.00875. The van der Waals surface area contributed by atoms with Crippen molar-refractivity contribution in [2.45, 2.75) is 65.0 Å². The highest BCUT2D eigenvalue weighted by Gasteiger charge is 2.48. The molecule has 1 saturated carbocycles. The van der Waals surface area contributed by atoms with Gasteiger partial charge in [0.1, 0.15) is 6.04 Å². The molecule has 1 aliphatic carbocycles. The summed E-state index contributed by atoms with van der Waals surface area (Å²) < 4.78 is 0. The fourth-order valence-corrected chi connectivity index (χ4v) is 3.93. The van der Waals surface area contributed by atoms with Crippen LogP contribution in [0.25, 0.3) is 0 Å². The van der Waals surface area contributed by atoms with E-state index in [0.29, 0.717) is 18.9 Å². The Kier molecular flexibility index (Phi) is 4.49. The third-order valence-electron chi connectivity index (χ3n) is 4.63. The molecule has 1 heterocycles. The van der Waals surface area contributed by atoms with Gasteiger partial charge in [0.25, 0.3) is 0 Å². The Balaban J connectivity index is 2.17. The van der Waals surface area contributed by atoms with Gasteiger partial charge >= 0.3 is 12.0 Å². The lowest BCUT2D eigenvalue weighted by Gasteiger charge is -2.37. The van der Waals surface area contributed by atoms with Crippen LogP contribution in [-0.2, 0) is 4.79 Å². The number of rotatable bonds is 2. The van der Waals surface area contributed by atoms with Gasteiger partial charge in [-0.1, -0.05) is 33.6 Å². The number of carbonyl (C=O) groups is 2. The topological polar surface area (TPSA) is 60.9 Å². The molecule has 0 radical (unpaired) electrons. The van der Waals surface area contributed by atoms with E-state index in [-0.39, 0.29) is 17.5 Å². The van der Waals surface area contributed by atoms with Crippen LogP contribution in [0.5, 0.6) is 0 Å². The van der Waals surface area contributed by atoms with Crippen molar-refractivity contribution in [3.8, 4) is 0 Å². The molecule has 120 valence electrons. The zero-order valence-corrected chi connectivity index (χ0v) is 13.6. The summed E-state index contributed by atoms with van der Waals surface area (Å²) in [6, 6.07) is -0.644. The Morgan fingerprint density at radius 3 is 2.43 bits per heavy atom. The number of hydrogen-bond donors (Lipinski definition) is 1. The molecule has 1 N–H and O–H groups in total. The Morgan fingerprint density at radius 1 is 1.24 bits per heavy atom. The average Bonchev–Trinajstić information content (AvgIpc) is 2.75. The number of likely N-dealkylation sites (tertiary alicyclic amines) is 1. The minimum Gasteiger partial charge on any atom is -0.480 e. The maximum absolute atomic E-state index is 12.8. The van der Waals surface area contributed by atoms with Crippen LogP contribution in [0.2, 0.25) is 0 Å². The number of urea groups is 1. The molecule has 0 spiro atoms. The van der Waals surface area contributed by atoms with E-state index in [4.69, 9.17) is 0 Å². The molecular weight excluding hydrogens is 268 g/mol. The molecule has 2 amide bonds. The van der Waals surface area contributed by atoms with Gasteiger partial charge in [0.05, 0.1) is 0 Å². The van der Waals surface area contributed by atoms with Crippen molar-refractivity contribution in [1.82, 2.24) is 9.80 Å². The SMILES string of the molecule is CN(CC(C)(C)C)C(=O)N1C(C(=O)O)CC2CCCCC21. The molecule has 2 rings (SSSR count). The van der Waals surface area contributed by atoms with E-state index in [1.165, 1.54) is 0 Å². The number of hydrogen-bond acceptors (Lipinski definition) is 2. The van der Waals surface area contributed by atoms with Gasteiger partial charge in [0.2, 0.25) is 0 Å². The summed E-state index contributed by atoms with van der Waals surface area (Å²) in [5, 5.41) is 9.48. The summed E-state index contributed by atoms with van der Waals surface area (Å²) in [7, 11) is 1.78. The monoisotopic (exact) mass is 296 g/mol. The molecule has 1 saturated heterocycles. The predicted octanol–water partition coefficient (Wildman–Crippen LogP) is 2.80. The number of carboxylic acids is 1. The van der Waals surface area contributed by atoms with Crippen molar-refractivity contribution in [3.05, 3.63) is 0 Å². The third-order valence-corrected chi connectivity index (χ3v) is 4.63. The number of aliphatic carboxylic acids is 1. The second-order valence-corrected chi connectivity index (χ2v) is 7.81.